The van der Waals surface area contributed by atoms with Crippen LogP contribution in [0.5, 0.6) is 0 Å². The summed E-state index contributed by atoms with van der Waals surface area (Å²) in [5.41, 5.74) is 1.13. The Kier molecular flexibility index (Phi) is 4.29. The Bertz CT molecular complexity index is 646. The molecule has 3 heterocycles. The molecular formula is C16H19N5O. The van der Waals surface area contributed by atoms with Gasteiger partial charge in [-0.3, -0.25) is 9.78 Å². The predicted octanol–water partition coefficient (Wildman–Crippen LogP) is 1.53. The van der Waals surface area contributed by atoms with Crippen LogP contribution in [0.4, 0.5) is 11.5 Å². The average Bonchev–Trinajstić information content (AvgIpc) is 3.05. The topological polar surface area (TPSA) is 70.2 Å². The van der Waals surface area contributed by atoms with Gasteiger partial charge in [0.2, 0.25) is 0 Å². The van der Waals surface area contributed by atoms with Crippen molar-refractivity contribution in [3.05, 3.63) is 48.4 Å². The van der Waals surface area contributed by atoms with Crippen LogP contribution >= 0.6 is 0 Å². The molecule has 0 spiro atoms. The normalized spacial score (nSPS) is 17.5. The van der Waals surface area contributed by atoms with Crippen molar-refractivity contribution in [1.82, 2.24) is 15.3 Å². The van der Waals surface area contributed by atoms with Gasteiger partial charge in [0.15, 0.2) is 0 Å². The molecule has 114 valence electrons. The van der Waals surface area contributed by atoms with E-state index in [0.29, 0.717) is 17.4 Å². The molecule has 1 fully saturated rings. The highest BCUT2D eigenvalue weighted by Gasteiger charge is 2.22. The van der Waals surface area contributed by atoms with Crippen LogP contribution in [0.3, 0.4) is 0 Å². The number of carbonyl (C=O) groups is 1. The minimum atomic E-state index is -0.211. The summed E-state index contributed by atoms with van der Waals surface area (Å²) in [6.45, 7) is 1.87. The van der Waals surface area contributed by atoms with E-state index in [9.17, 15) is 4.79 Å². The van der Waals surface area contributed by atoms with Crippen molar-refractivity contribution < 1.29 is 4.79 Å². The quantitative estimate of drug-likeness (QED) is 0.895. The van der Waals surface area contributed by atoms with Crippen LogP contribution in [0, 0.1) is 0 Å². The summed E-state index contributed by atoms with van der Waals surface area (Å²) in [6, 6.07) is 9.53. The third kappa shape index (κ3) is 3.23. The van der Waals surface area contributed by atoms with Gasteiger partial charge in [0.25, 0.3) is 5.91 Å². The molecule has 2 N–H and O–H groups in total. The minimum absolute atomic E-state index is 0.211. The van der Waals surface area contributed by atoms with Crippen molar-refractivity contribution in [2.24, 2.45) is 0 Å². The number of hydrogen-bond acceptors (Lipinski definition) is 5. The van der Waals surface area contributed by atoms with E-state index >= 15 is 0 Å². The fourth-order valence-corrected chi connectivity index (χ4v) is 2.56. The lowest BCUT2D eigenvalue weighted by Gasteiger charge is -2.18. The molecule has 0 aromatic carbocycles. The molecule has 0 bridgehead atoms. The first-order valence-corrected chi connectivity index (χ1v) is 7.37. The third-order valence-corrected chi connectivity index (χ3v) is 3.83. The molecule has 1 amide bonds. The number of anilines is 2. The standard InChI is InChI=1S/C16H19N5O/c1-17-13-7-10-21(11-13)15-4-2-3-14(20-15)16(22)19-12-5-8-18-9-6-12/h2-6,8-9,13,17H,7,10-11H2,1H3,(H,18,19,22). The van der Waals surface area contributed by atoms with Crippen LogP contribution in [0.15, 0.2) is 42.7 Å². The molecule has 1 saturated heterocycles. The van der Waals surface area contributed by atoms with Crippen LogP contribution < -0.4 is 15.5 Å². The minimum Gasteiger partial charge on any atom is -0.355 e. The van der Waals surface area contributed by atoms with E-state index in [-0.39, 0.29) is 5.91 Å². The molecule has 1 unspecified atom stereocenters. The molecule has 3 rings (SSSR count). The SMILES string of the molecule is CNC1CCN(c2cccc(C(=O)Nc3ccncc3)n2)C1. The van der Waals surface area contributed by atoms with Gasteiger partial charge in [0.05, 0.1) is 0 Å². The molecule has 0 radical (unpaired) electrons. The molecular weight excluding hydrogens is 278 g/mol. The van der Waals surface area contributed by atoms with Gasteiger partial charge in [-0.15, -0.1) is 0 Å². The van der Waals surface area contributed by atoms with E-state index in [1.54, 1.807) is 30.6 Å². The second-order valence-electron chi connectivity index (χ2n) is 5.29. The summed E-state index contributed by atoms with van der Waals surface area (Å²) in [4.78, 5) is 22.9. The van der Waals surface area contributed by atoms with E-state index in [0.717, 1.165) is 25.3 Å². The summed E-state index contributed by atoms with van der Waals surface area (Å²) in [7, 11) is 1.97. The van der Waals surface area contributed by atoms with E-state index in [1.807, 2.05) is 19.2 Å². The van der Waals surface area contributed by atoms with Gasteiger partial charge >= 0.3 is 0 Å². The maximum Gasteiger partial charge on any atom is 0.274 e. The largest absolute Gasteiger partial charge is 0.355 e. The third-order valence-electron chi connectivity index (χ3n) is 3.83. The fourth-order valence-electron chi connectivity index (χ4n) is 2.56. The monoisotopic (exact) mass is 297 g/mol. The number of rotatable bonds is 4. The Hall–Kier alpha value is -2.47. The van der Waals surface area contributed by atoms with Gasteiger partial charge in [-0.05, 0) is 37.7 Å². The lowest BCUT2D eigenvalue weighted by Crippen LogP contribution is -2.30. The summed E-state index contributed by atoms with van der Waals surface area (Å²) in [5.74, 6) is 0.637. The van der Waals surface area contributed by atoms with Crippen LogP contribution in [0.1, 0.15) is 16.9 Å². The van der Waals surface area contributed by atoms with Crippen molar-refractivity contribution in [3.8, 4) is 0 Å². The second kappa shape index (κ2) is 6.53. The number of aromatic nitrogens is 2. The highest BCUT2D eigenvalue weighted by molar-refractivity contribution is 6.03. The molecule has 2 aromatic rings. The Balaban J connectivity index is 1.72. The maximum absolute atomic E-state index is 12.3. The van der Waals surface area contributed by atoms with Gasteiger partial charge in [0, 0.05) is 37.2 Å². The Morgan fingerprint density at radius 1 is 1.27 bits per heavy atom. The Labute approximate surface area is 129 Å². The first kappa shape index (κ1) is 14.5. The van der Waals surface area contributed by atoms with Crippen molar-refractivity contribution in [2.75, 3.05) is 30.4 Å². The lowest BCUT2D eigenvalue weighted by molar-refractivity contribution is 0.102. The Morgan fingerprint density at radius 3 is 2.82 bits per heavy atom. The molecule has 0 aliphatic carbocycles. The first-order chi connectivity index (χ1) is 10.8. The molecule has 1 aliphatic heterocycles. The highest BCUT2D eigenvalue weighted by Crippen LogP contribution is 2.18. The van der Waals surface area contributed by atoms with Gasteiger partial charge in [0.1, 0.15) is 11.5 Å². The molecule has 22 heavy (non-hydrogen) atoms. The van der Waals surface area contributed by atoms with Gasteiger partial charge in [-0.2, -0.15) is 0 Å². The van der Waals surface area contributed by atoms with Crippen molar-refractivity contribution >= 4 is 17.4 Å². The summed E-state index contributed by atoms with van der Waals surface area (Å²) < 4.78 is 0. The zero-order valence-electron chi connectivity index (χ0n) is 12.5. The Morgan fingerprint density at radius 2 is 2.09 bits per heavy atom. The molecule has 2 aromatic heterocycles. The first-order valence-electron chi connectivity index (χ1n) is 7.37. The van der Waals surface area contributed by atoms with E-state index < -0.39 is 0 Å². The van der Waals surface area contributed by atoms with Crippen molar-refractivity contribution in [2.45, 2.75) is 12.5 Å². The number of nitrogens with one attached hydrogen (secondary N) is 2. The molecule has 1 atom stereocenters. The van der Waals surface area contributed by atoms with Gasteiger partial charge < -0.3 is 15.5 Å². The van der Waals surface area contributed by atoms with Crippen LogP contribution in [-0.4, -0.2) is 42.1 Å². The number of likely N-dealkylation sites (N-methyl/N-ethyl adjacent to an activating group) is 1. The molecule has 6 nitrogen and oxygen atoms in total. The number of pyridine rings is 2. The maximum atomic E-state index is 12.3. The second-order valence-corrected chi connectivity index (χ2v) is 5.29. The number of amides is 1. The number of carbonyl (C=O) groups excluding carboxylic acids is 1. The zero-order valence-corrected chi connectivity index (χ0v) is 12.5. The lowest BCUT2D eigenvalue weighted by atomic mass is 10.3. The van der Waals surface area contributed by atoms with E-state index in [4.69, 9.17) is 0 Å². The molecule has 1 aliphatic rings. The van der Waals surface area contributed by atoms with Crippen LogP contribution in [-0.2, 0) is 0 Å². The number of hydrogen-bond donors (Lipinski definition) is 2. The van der Waals surface area contributed by atoms with Gasteiger partial charge in [-0.25, -0.2) is 4.98 Å². The average molecular weight is 297 g/mol. The van der Waals surface area contributed by atoms with E-state index in [2.05, 4.69) is 25.5 Å². The summed E-state index contributed by atoms with van der Waals surface area (Å²) in [5, 5.41) is 6.10. The molecule has 6 heteroatoms. The van der Waals surface area contributed by atoms with E-state index in [1.165, 1.54) is 0 Å². The zero-order chi connectivity index (χ0) is 15.4. The predicted molar refractivity (Wildman–Crippen MR) is 86.1 cm³/mol. The van der Waals surface area contributed by atoms with Crippen LogP contribution in [0.2, 0.25) is 0 Å². The van der Waals surface area contributed by atoms with Crippen molar-refractivity contribution in [1.29, 1.82) is 0 Å². The summed E-state index contributed by atoms with van der Waals surface area (Å²) >= 11 is 0. The van der Waals surface area contributed by atoms with Gasteiger partial charge in [-0.1, -0.05) is 6.07 Å². The molecule has 0 saturated carbocycles. The fraction of sp³-hybridized carbons (Fsp3) is 0.312. The smallest absolute Gasteiger partial charge is 0.274 e. The van der Waals surface area contributed by atoms with Crippen molar-refractivity contribution in [3.63, 3.8) is 0 Å². The van der Waals surface area contributed by atoms with Crippen LogP contribution in [0.25, 0.3) is 0 Å². The highest BCUT2D eigenvalue weighted by atomic mass is 16.1. The number of nitrogens with zero attached hydrogens (tertiary/aromatic N) is 3. The summed E-state index contributed by atoms with van der Waals surface area (Å²) in [6.07, 6.45) is 4.37.